The normalized spacial score (nSPS) is 11.9. The van der Waals surface area contributed by atoms with Crippen molar-refractivity contribution >= 4 is 28.4 Å². The van der Waals surface area contributed by atoms with Gasteiger partial charge >= 0.3 is 0 Å². The average molecular weight is 400 g/mol. The third-order valence-corrected chi connectivity index (χ3v) is 5.68. The van der Waals surface area contributed by atoms with Crippen molar-refractivity contribution in [1.82, 2.24) is 15.5 Å². The molecule has 0 bridgehead atoms. The molecule has 0 saturated carbocycles. The number of carbonyl (C=O) groups excluding carboxylic acids is 1. The van der Waals surface area contributed by atoms with Crippen LogP contribution in [0.3, 0.4) is 0 Å². The first-order valence-electron chi connectivity index (χ1n) is 9.51. The third kappa shape index (κ3) is 5.00. The van der Waals surface area contributed by atoms with Crippen molar-refractivity contribution in [3.05, 3.63) is 102 Å². The lowest BCUT2D eigenvalue weighted by atomic mass is 9.99. The number of aromatic nitrogens is 2. The van der Waals surface area contributed by atoms with Gasteiger partial charge in [0.15, 0.2) is 0 Å². The van der Waals surface area contributed by atoms with Gasteiger partial charge in [-0.3, -0.25) is 4.79 Å². The summed E-state index contributed by atoms with van der Waals surface area (Å²) < 4.78 is 0. The number of rotatable bonds is 7. The molecule has 4 aromatic rings. The molecule has 0 aliphatic heterocycles. The number of benzene rings is 3. The van der Waals surface area contributed by atoms with Gasteiger partial charge in [-0.25, -0.2) is 0 Å². The minimum absolute atomic E-state index is 0.0190. The van der Waals surface area contributed by atoms with Crippen molar-refractivity contribution in [3.63, 3.8) is 0 Å². The molecule has 1 heterocycles. The molecule has 1 amide bonds. The summed E-state index contributed by atoms with van der Waals surface area (Å²) in [7, 11) is 0. The Morgan fingerprint density at radius 1 is 0.897 bits per heavy atom. The zero-order valence-corrected chi connectivity index (χ0v) is 16.7. The summed E-state index contributed by atoms with van der Waals surface area (Å²) in [5.74, 6) is 0.274. The van der Waals surface area contributed by atoms with E-state index in [1.54, 1.807) is 6.20 Å². The Kier molecular flexibility index (Phi) is 6.17. The fourth-order valence-corrected chi connectivity index (χ4v) is 4.06. The topological polar surface area (TPSA) is 54.9 Å². The summed E-state index contributed by atoms with van der Waals surface area (Å²) in [6.45, 7) is 0. The number of carbonyl (C=O) groups is 1. The van der Waals surface area contributed by atoms with Crippen molar-refractivity contribution in [3.8, 4) is 0 Å². The molecule has 0 aliphatic rings. The molecule has 0 aliphatic carbocycles. The van der Waals surface area contributed by atoms with Gasteiger partial charge in [-0.1, -0.05) is 96.7 Å². The fourth-order valence-electron chi connectivity index (χ4n) is 3.27. The first kappa shape index (κ1) is 19.2. The Hall–Kier alpha value is -3.18. The van der Waals surface area contributed by atoms with Gasteiger partial charge in [-0.2, -0.15) is 5.10 Å². The largest absolute Gasteiger partial charge is 0.348 e. The zero-order chi connectivity index (χ0) is 19.9. The van der Waals surface area contributed by atoms with E-state index in [0.717, 1.165) is 27.8 Å². The van der Waals surface area contributed by atoms with Gasteiger partial charge in [0.05, 0.1) is 18.0 Å². The maximum atomic E-state index is 12.7. The third-order valence-electron chi connectivity index (χ3n) is 4.70. The molecule has 4 nitrogen and oxygen atoms in total. The van der Waals surface area contributed by atoms with E-state index in [2.05, 4.69) is 39.8 Å². The number of nitrogens with one attached hydrogen (secondary N) is 1. The fraction of sp³-hybridized carbons (Fsp3) is 0.125. The van der Waals surface area contributed by atoms with Crippen LogP contribution in [-0.2, 0) is 11.2 Å². The smallest absolute Gasteiger partial charge is 0.230 e. The molecule has 1 atom stereocenters. The Morgan fingerprint density at radius 3 is 2.38 bits per heavy atom. The maximum Gasteiger partial charge on any atom is 0.230 e. The van der Waals surface area contributed by atoms with Gasteiger partial charge in [0, 0.05) is 10.8 Å². The van der Waals surface area contributed by atoms with E-state index in [1.165, 1.54) is 17.3 Å². The van der Waals surface area contributed by atoms with Gasteiger partial charge in [0.1, 0.15) is 5.03 Å². The number of nitrogens with zero attached hydrogens (tertiary/aromatic N) is 2. The van der Waals surface area contributed by atoms with Crippen LogP contribution in [0, 0.1) is 0 Å². The van der Waals surface area contributed by atoms with Crippen LogP contribution in [0.1, 0.15) is 17.2 Å². The molecule has 0 radical (unpaired) electrons. The molecule has 0 saturated heterocycles. The maximum absolute atomic E-state index is 12.7. The first-order valence-corrected chi connectivity index (χ1v) is 10.5. The van der Waals surface area contributed by atoms with E-state index in [1.807, 2.05) is 60.7 Å². The van der Waals surface area contributed by atoms with Crippen molar-refractivity contribution < 1.29 is 4.79 Å². The molecule has 0 fully saturated rings. The molecule has 29 heavy (non-hydrogen) atoms. The van der Waals surface area contributed by atoms with Crippen LogP contribution < -0.4 is 5.32 Å². The second-order valence-corrected chi connectivity index (χ2v) is 7.71. The number of amides is 1. The van der Waals surface area contributed by atoms with E-state index < -0.39 is 0 Å². The second-order valence-electron chi connectivity index (χ2n) is 6.75. The predicted molar refractivity (Wildman–Crippen MR) is 118 cm³/mol. The van der Waals surface area contributed by atoms with Gasteiger partial charge in [-0.15, -0.1) is 5.10 Å². The van der Waals surface area contributed by atoms with Crippen LogP contribution in [0.25, 0.3) is 10.8 Å². The minimum Gasteiger partial charge on any atom is -0.348 e. The quantitative estimate of drug-likeness (QED) is 0.453. The summed E-state index contributed by atoms with van der Waals surface area (Å²) in [5, 5.41) is 14.3. The summed E-state index contributed by atoms with van der Waals surface area (Å²) in [4.78, 5) is 12.7. The van der Waals surface area contributed by atoms with Gasteiger partial charge < -0.3 is 5.32 Å². The Morgan fingerprint density at radius 2 is 1.59 bits per heavy atom. The van der Waals surface area contributed by atoms with Crippen LogP contribution >= 0.6 is 11.8 Å². The van der Waals surface area contributed by atoms with E-state index in [4.69, 9.17) is 0 Å². The van der Waals surface area contributed by atoms with E-state index in [0.29, 0.717) is 5.75 Å². The summed E-state index contributed by atoms with van der Waals surface area (Å²) >= 11 is 1.42. The number of hydrogen-bond acceptors (Lipinski definition) is 4. The highest BCUT2D eigenvalue weighted by molar-refractivity contribution is 8.00. The van der Waals surface area contributed by atoms with E-state index >= 15 is 0 Å². The first-order chi connectivity index (χ1) is 14.3. The Balaban J connectivity index is 1.46. The Labute approximate surface area is 174 Å². The lowest BCUT2D eigenvalue weighted by Crippen LogP contribution is -2.31. The average Bonchev–Trinajstić information content (AvgIpc) is 2.78. The molecule has 4 rings (SSSR count). The zero-order valence-electron chi connectivity index (χ0n) is 15.9. The number of fused-ring (bicyclic) bond motifs is 1. The number of hydrogen-bond donors (Lipinski definition) is 1. The van der Waals surface area contributed by atoms with Crippen molar-refractivity contribution in [2.45, 2.75) is 17.5 Å². The van der Waals surface area contributed by atoms with Crippen molar-refractivity contribution in [2.75, 3.05) is 5.75 Å². The minimum atomic E-state index is -0.0784. The Bertz CT molecular complexity index is 1080. The van der Waals surface area contributed by atoms with E-state index in [-0.39, 0.29) is 11.9 Å². The van der Waals surface area contributed by atoms with Gasteiger partial charge in [0.2, 0.25) is 5.91 Å². The molecule has 3 aromatic carbocycles. The lowest BCUT2D eigenvalue weighted by molar-refractivity contribution is -0.119. The molecular formula is C24H21N3OS. The highest BCUT2D eigenvalue weighted by Gasteiger charge is 2.16. The summed E-state index contributed by atoms with van der Waals surface area (Å²) in [5.41, 5.74) is 2.29. The standard InChI is InChI=1S/C24H21N3OS/c28-23(17-29-24-21-14-8-7-13-20(21)16-25-27-24)26-22(19-11-5-2-6-12-19)15-18-9-3-1-4-10-18/h1-14,16,22H,15,17H2,(H,26,28). The summed E-state index contributed by atoms with van der Waals surface area (Å²) in [6.07, 6.45) is 2.49. The highest BCUT2D eigenvalue weighted by atomic mass is 32.2. The van der Waals surface area contributed by atoms with Crippen LogP contribution in [-0.4, -0.2) is 21.9 Å². The number of thioether (sulfide) groups is 1. The van der Waals surface area contributed by atoms with Crippen LogP contribution in [0.4, 0.5) is 0 Å². The molecule has 5 heteroatoms. The molecule has 0 spiro atoms. The SMILES string of the molecule is O=C(CSc1nncc2ccccc12)NC(Cc1ccccc1)c1ccccc1. The predicted octanol–water partition coefficient (Wildman–Crippen LogP) is 4.82. The van der Waals surface area contributed by atoms with Crippen LogP contribution in [0.5, 0.6) is 0 Å². The van der Waals surface area contributed by atoms with Gasteiger partial charge in [0.25, 0.3) is 0 Å². The summed E-state index contributed by atoms with van der Waals surface area (Å²) in [6, 6.07) is 28.2. The van der Waals surface area contributed by atoms with Crippen LogP contribution in [0.2, 0.25) is 0 Å². The van der Waals surface area contributed by atoms with E-state index in [9.17, 15) is 4.79 Å². The van der Waals surface area contributed by atoms with Crippen molar-refractivity contribution in [2.24, 2.45) is 0 Å². The monoisotopic (exact) mass is 399 g/mol. The van der Waals surface area contributed by atoms with Crippen molar-refractivity contribution in [1.29, 1.82) is 0 Å². The molecule has 1 unspecified atom stereocenters. The lowest BCUT2D eigenvalue weighted by Gasteiger charge is -2.19. The molecular weight excluding hydrogens is 378 g/mol. The van der Waals surface area contributed by atoms with Gasteiger partial charge in [-0.05, 0) is 17.5 Å². The second kappa shape index (κ2) is 9.34. The van der Waals surface area contributed by atoms with Crippen LogP contribution in [0.15, 0.2) is 96.2 Å². The highest BCUT2D eigenvalue weighted by Crippen LogP contribution is 2.25. The molecule has 1 aromatic heterocycles. The molecule has 1 N–H and O–H groups in total. The molecule has 144 valence electrons.